The second-order valence-electron chi connectivity index (χ2n) is 5.85. The van der Waals surface area contributed by atoms with Gasteiger partial charge >= 0.3 is 6.03 Å². The summed E-state index contributed by atoms with van der Waals surface area (Å²) in [5.41, 5.74) is -0.490. The number of amides is 4. The molecule has 22 heavy (non-hydrogen) atoms. The first kappa shape index (κ1) is 14.5. The Labute approximate surface area is 126 Å². The number of nitrogens with zero attached hydrogens (tertiary/aromatic N) is 1. The predicted molar refractivity (Wildman–Crippen MR) is 76.4 cm³/mol. The molecule has 1 unspecified atom stereocenters. The molecule has 0 aromatic heterocycles. The van der Waals surface area contributed by atoms with Crippen molar-refractivity contribution in [1.29, 1.82) is 0 Å². The zero-order valence-corrected chi connectivity index (χ0v) is 12.1. The van der Waals surface area contributed by atoms with Gasteiger partial charge in [0.15, 0.2) is 0 Å². The van der Waals surface area contributed by atoms with Crippen molar-refractivity contribution < 1.29 is 18.8 Å². The maximum absolute atomic E-state index is 12.8. The number of carbonyl (C=O) groups excluding carboxylic acids is 3. The van der Waals surface area contributed by atoms with Crippen molar-refractivity contribution in [3.63, 3.8) is 0 Å². The Morgan fingerprint density at radius 1 is 1.36 bits per heavy atom. The van der Waals surface area contributed by atoms with Crippen molar-refractivity contribution in [3.05, 3.63) is 30.1 Å². The van der Waals surface area contributed by atoms with Crippen LogP contribution in [0.25, 0.3) is 0 Å². The van der Waals surface area contributed by atoms with Gasteiger partial charge < -0.3 is 10.6 Å². The van der Waals surface area contributed by atoms with Gasteiger partial charge in [0, 0.05) is 5.69 Å². The molecule has 1 atom stereocenters. The van der Waals surface area contributed by atoms with Crippen LogP contribution in [0.5, 0.6) is 0 Å². The largest absolute Gasteiger partial charge is 0.325 e. The average molecular weight is 305 g/mol. The van der Waals surface area contributed by atoms with Gasteiger partial charge in [0.25, 0.3) is 5.91 Å². The highest BCUT2D eigenvalue weighted by atomic mass is 19.1. The third-order valence-corrected chi connectivity index (χ3v) is 4.12. The van der Waals surface area contributed by atoms with Crippen LogP contribution >= 0.6 is 0 Å². The summed E-state index contributed by atoms with van der Waals surface area (Å²) in [6, 6.07) is 4.70. The number of benzene rings is 1. The Kier molecular flexibility index (Phi) is 3.35. The minimum atomic E-state index is -0.896. The lowest BCUT2D eigenvalue weighted by atomic mass is 9.96. The Morgan fingerprint density at radius 2 is 2.00 bits per heavy atom. The highest BCUT2D eigenvalue weighted by Crippen LogP contribution is 2.42. The highest BCUT2D eigenvalue weighted by Gasteiger charge is 2.56. The fourth-order valence-corrected chi connectivity index (χ4v) is 2.67. The topological polar surface area (TPSA) is 78.5 Å². The van der Waals surface area contributed by atoms with Crippen molar-refractivity contribution in [2.45, 2.75) is 25.3 Å². The third-order valence-electron chi connectivity index (χ3n) is 4.12. The van der Waals surface area contributed by atoms with E-state index in [1.54, 1.807) is 6.92 Å². The molecule has 1 saturated heterocycles. The quantitative estimate of drug-likeness (QED) is 0.827. The summed E-state index contributed by atoms with van der Waals surface area (Å²) < 4.78 is 12.8. The summed E-state index contributed by atoms with van der Waals surface area (Å²) in [6.07, 6.45) is 1.80. The number of hydrogen-bond donors (Lipinski definition) is 2. The number of urea groups is 1. The van der Waals surface area contributed by atoms with Crippen LogP contribution in [0.4, 0.5) is 14.9 Å². The van der Waals surface area contributed by atoms with Gasteiger partial charge in [0.05, 0.1) is 0 Å². The van der Waals surface area contributed by atoms with Gasteiger partial charge in [-0.15, -0.1) is 0 Å². The zero-order valence-electron chi connectivity index (χ0n) is 12.1. The van der Waals surface area contributed by atoms with Crippen molar-refractivity contribution in [1.82, 2.24) is 10.2 Å². The van der Waals surface area contributed by atoms with Gasteiger partial charge in [0.1, 0.15) is 17.9 Å². The monoisotopic (exact) mass is 305 g/mol. The number of nitrogens with one attached hydrogen (secondary N) is 2. The normalized spacial score (nSPS) is 24.4. The fraction of sp³-hybridized carbons (Fsp3) is 0.400. The lowest BCUT2D eigenvalue weighted by Gasteiger charge is -2.20. The van der Waals surface area contributed by atoms with E-state index in [1.165, 1.54) is 24.3 Å². The second kappa shape index (κ2) is 5.08. The van der Waals surface area contributed by atoms with Crippen LogP contribution in [0.15, 0.2) is 24.3 Å². The number of rotatable bonds is 4. The van der Waals surface area contributed by atoms with E-state index >= 15 is 0 Å². The molecular weight excluding hydrogens is 289 g/mol. The molecule has 0 bridgehead atoms. The molecular formula is C15H16FN3O3. The van der Waals surface area contributed by atoms with Crippen LogP contribution in [0.2, 0.25) is 0 Å². The number of halogens is 1. The zero-order chi connectivity index (χ0) is 15.9. The van der Waals surface area contributed by atoms with Crippen molar-refractivity contribution in [2.75, 3.05) is 11.9 Å². The molecule has 1 aromatic rings. The molecule has 2 N–H and O–H groups in total. The summed E-state index contributed by atoms with van der Waals surface area (Å²) in [4.78, 5) is 37.2. The molecule has 0 radical (unpaired) electrons. The summed E-state index contributed by atoms with van der Waals surface area (Å²) in [5.74, 6) is -1.13. The summed E-state index contributed by atoms with van der Waals surface area (Å²) in [6.45, 7) is 1.34. The number of imide groups is 1. The SMILES string of the molecule is CC1(C2CC2)NC(=O)N(CC(=O)Nc2ccc(F)cc2)C1=O. The van der Waals surface area contributed by atoms with Crippen molar-refractivity contribution >= 4 is 23.5 Å². The second-order valence-corrected chi connectivity index (χ2v) is 5.85. The van der Waals surface area contributed by atoms with Gasteiger partial charge in [-0.3, -0.25) is 14.5 Å². The molecule has 7 heteroatoms. The molecule has 1 aliphatic heterocycles. The lowest BCUT2D eigenvalue weighted by Crippen LogP contribution is -2.46. The van der Waals surface area contributed by atoms with E-state index in [-0.39, 0.29) is 18.4 Å². The van der Waals surface area contributed by atoms with Crippen LogP contribution in [0.3, 0.4) is 0 Å². The molecule has 1 saturated carbocycles. The molecule has 1 aromatic carbocycles. The van der Waals surface area contributed by atoms with Gasteiger partial charge in [-0.25, -0.2) is 9.18 Å². The van der Waals surface area contributed by atoms with Crippen LogP contribution in [0.1, 0.15) is 19.8 Å². The summed E-state index contributed by atoms with van der Waals surface area (Å²) in [7, 11) is 0. The minimum absolute atomic E-state index is 0.147. The molecule has 3 rings (SSSR count). The molecule has 2 fully saturated rings. The van der Waals surface area contributed by atoms with Crippen LogP contribution in [-0.4, -0.2) is 34.8 Å². The molecule has 4 amide bonds. The van der Waals surface area contributed by atoms with Crippen molar-refractivity contribution in [3.8, 4) is 0 Å². The molecule has 116 valence electrons. The average Bonchev–Trinajstić information content (AvgIpc) is 3.28. The maximum Gasteiger partial charge on any atom is 0.325 e. The van der Waals surface area contributed by atoms with Gasteiger partial charge in [0.2, 0.25) is 5.91 Å². The molecule has 6 nitrogen and oxygen atoms in total. The van der Waals surface area contributed by atoms with Gasteiger partial charge in [-0.2, -0.15) is 0 Å². The van der Waals surface area contributed by atoms with Crippen molar-refractivity contribution in [2.24, 2.45) is 5.92 Å². The predicted octanol–water partition coefficient (Wildman–Crippen LogP) is 1.48. The standard InChI is InChI=1S/C15H16FN3O3/c1-15(9-2-3-9)13(21)19(14(22)18-15)8-12(20)17-11-6-4-10(16)5-7-11/h4-7,9H,2-3,8H2,1H3,(H,17,20)(H,18,22). The summed E-state index contributed by atoms with van der Waals surface area (Å²) >= 11 is 0. The molecule has 1 heterocycles. The Hall–Kier alpha value is -2.44. The van der Waals surface area contributed by atoms with E-state index in [4.69, 9.17) is 0 Å². The van der Waals surface area contributed by atoms with Crippen LogP contribution < -0.4 is 10.6 Å². The lowest BCUT2D eigenvalue weighted by molar-refractivity contribution is -0.134. The summed E-state index contributed by atoms with van der Waals surface area (Å²) in [5, 5.41) is 5.21. The van der Waals surface area contributed by atoms with Crippen LogP contribution in [0, 0.1) is 11.7 Å². The van der Waals surface area contributed by atoms with E-state index in [2.05, 4.69) is 10.6 Å². The molecule has 1 aliphatic carbocycles. The van der Waals surface area contributed by atoms with E-state index in [1.807, 2.05) is 0 Å². The Bertz CT molecular complexity index is 642. The molecule has 0 spiro atoms. The van der Waals surface area contributed by atoms with E-state index in [0.29, 0.717) is 5.69 Å². The van der Waals surface area contributed by atoms with Crippen LogP contribution in [-0.2, 0) is 9.59 Å². The van der Waals surface area contributed by atoms with Gasteiger partial charge in [-0.05, 0) is 49.9 Å². The number of anilines is 1. The van der Waals surface area contributed by atoms with Gasteiger partial charge in [-0.1, -0.05) is 0 Å². The first-order chi connectivity index (χ1) is 10.4. The fourth-order valence-electron chi connectivity index (χ4n) is 2.67. The van der Waals surface area contributed by atoms with E-state index in [9.17, 15) is 18.8 Å². The third kappa shape index (κ3) is 2.54. The number of carbonyl (C=O) groups is 3. The first-order valence-corrected chi connectivity index (χ1v) is 7.09. The smallest absolute Gasteiger partial charge is 0.325 e. The van der Waals surface area contributed by atoms with E-state index < -0.39 is 23.3 Å². The minimum Gasteiger partial charge on any atom is -0.325 e. The number of hydrogen-bond acceptors (Lipinski definition) is 3. The Balaban J connectivity index is 1.65. The maximum atomic E-state index is 12.8. The van der Waals surface area contributed by atoms with E-state index in [0.717, 1.165) is 17.7 Å². The molecule has 2 aliphatic rings. The Morgan fingerprint density at radius 3 is 2.59 bits per heavy atom. The first-order valence-electron chi connectivity index (χ1n) is 7.09. The highest BCUT2D eigenvalue weighted by molar-refractivity contribution is 6.10.